The Balaban J connectivity index is 2.09. The van der Waals surface area contributed by atoms with Crippen molar-refractivity contribution >= 4 is 11.9 Å². The highest BCUT2D eigenvalue weighted by Gasteiger charge is 2.37. The molecule has 0 aromatic heterocycles. The van der Waals surface area contributed by atoms with Gasteiger partial charge in [-0.25, -0.2) is 0 Å². The van der Waals surface area contributed by atoms with Gasteiger partial charge in [0.1, 0.15) is 0 Å². The topological polar surface area (TPSA) is 66.8 Å². The molecule has 26 heavy (non-hydrogen) atoms. The van der Waals surface area contributed by atoms with Crippen molar-refractivity contribution < 1.29 is 32.6 Å². The summed E-state index contributed by atoms with van der Waals surface area (Å²) in [5.74, 6) is -1.70. The minimum absolute atomic E-state index is 0.00780. The average Bonchev–Trinajstić information content (AvgIpc) is 2.96. The van der Waals surface area contributed by atoms with Gasteiger partial charge in [-0.2, -0.15) is 13.2 Å². The number of alkyl halides is 3. The predicted octanol–water partition coefficient (Wildman–Crippen LogP) is 3.29. The number of hydrogen-bond acceptors (Lipinski definition) is 3. The van der Waals surface area contributed by atoms with Crippen LogP contribution in [0.3, 0.4) is 0 Å². The quantitative estimate of drug-likeness (QED) is 0.831. The monoisotopic (exact) mass is 373 g/mol. The molecule has 0 bridgehead atoms. The molecule has 3 unspecified atom stereocenters. The third kappa shape index (κ3) is 4.97. The van der Waals surface area contributed by atoms with Gasteiger partial charge < -0.3 is 14.7 Å². The van der Waals surface area contributed by atoms with Crippen molar-refractivity contribution in [2.45, 2.75) is 50.4 Å². The van der Waals surface area contributed by atoms with Crippen LogP contribution in [0.4, 0.5) is 13.2 Å². The number of likely N-dealkylation sites (tertiary alicyclic amines) is 1. The van der Waals surface area contributed by atoms with E-state index in [2.05, 4.69) is 0 Å². The molecule has 3 atom stereocenters. The molecule has 1 aliphatic rings. The first-order valence-electron chi connectivity index (χ1n) is 8.33. The summed E-state index contributed by atoms with van der Waals surface area (Å²) in [6, 6.07) is 4.46. The molecule has 1 heterocycles. The Kier molecular flexibility index (Phi) is 6.28. The minimum atomic E-state index is -4.44. The summed E-state index contributed by atoms with van der Waals surface area (Å²) in [6.45, 7) is 1.98. The smallest absolute Gasteiger partial charge is 0.416 e. The van der Waals surface area contributed by atoms with E-state index in [0.29, 0.717) is 18.5 Å². The number of rotatable bonds is 6. The van der Waals surface area contributed by atoms with Crippen molar-refractivity contribution in [1.29, 1.82) is 0 Å². The highest BCUT2D eigenvalue weighted by atomic mass is 19.4. The molecule has 0 saturated carbocycles. The number of carboxylic acid groups (broad SMARTS) is 1. The minimum Gasteiger partial charge on any atom is -0.481 e. The molecule has 0 aliphatic carbocycles. The lowest BCUT2D eigenvalue weighted by Crippen LogP contribution is -2.37. The van der Waals surface area contributed by atoms with E-state index in [0.717, 1.165) is 12.1 Å². The van der Waals surface area contributed by atoms with Crippen molar-refractivity contribution in [2.24, 2.45) is 0 Å². The third-order valence-electron chi connectivity index (χ3n) is 4.70. The number of carbonyl (C=O) groups is 2. The second-order valence-electron chi connectivity index (χ2n) is 6.62. The molecule has 1 aromatic carbocycles. The molecule has 5 nitrogen and oxygen atoms in total. The van der Waals surface area contributed by atoms with Crippen molar-refractivity contribution in [2.75, 3.05) is 13.7 Å². The van der Waals surface area contributed by atoms with Crippen molar-refractivity contribution in [3.8, 4) is 0 Å². The van der Waals surface area contributed by atoms with E-state index in [9.17, 15) is 22.8 Å². The number of amides is 1. The zero-order chi connectivity index (χ0) is 19.5. The number of nitrogens with zero attached hydrogens (tertiary/aromatic N) is 1. The summed E-state index contributed by atoms with van der Waals surface area (Å²) < 4.78 is 43.8. The lowest BCUT2D eigenvalue weighted by atomic mass is 9.95. The maximum atomic E-state index is 12.8. The number of methoxy groups -OCH3 is 1. The van der Waals surface area contributed by atoms with Gasteiger partial charge in [0.2, 0.25) is 5.91 Å². The summed E-state index contributed by atoms with van der Waals surface area (Å²) in [7, 11) is 1.50. The molecule has 8 heteroatoms. The first kappa shape index (κ1) is 20.2. The van der Waals surface area contributed by atoms with Crippen LogP contribution in [0.2, 0.25) is 0 Å². The molecule has 1 N–H and O–H groups in total. The summed E-state index contributed by atoms with van der Waals surface area (Å²) >= 11 is 0. The van der Waals surface area contributed by atoms with Crippen LogP contribution in [-0.4, -0.2) is 47.7 Å². The summed E-state index contributed by atoms with van der Waals surface area (Å²) in [6.07, 6.45) is -4.40. The van der Waals surface area contributed by atoms with E-state index in [1.165, 1.54) is 18.1 Å². The Labute approximate surface area is 149 Å². The summed E-state index contributed by atoms with van der Waals surface area (Å²) in [5.41, 5.74) is -0.330. The molecule has 1 aliphatic heterocycles. The molecule has 1 amide bonds. The standard InChI is InChI=1S/C18H22F3NO4/c1-11(12-4-3-5-13(7-12)18(19,20)21)6-16(23)22-10-15(26-2)8-14(22)9-17(24)25/h3-5,7,11,14-15H,6,8-10H2,1-2H3,(H,24,25). The highest BCUT2D eigenvalue weighted by Crippen LogP contribution is 2.32. The third-order valence-corrected chi connectivity index (χ3v) is 4.70. The lowest BCUT2D eigenvalue weighted by Gasteiger charge is -2.25. The Morgan fingerprint density at radius 1 is 1.38 bits per heavy atom. The number of aliphatic carboxylic acids is 1. The number of carboxylic acids is 1. The number of halogens is 3. The second kappa shape index (κ2) is 8.07. The van der Waals surface area contributed by atoms with Crippen LogP contribution in [0.1, 0.15) is 43.2 Å². The van der Waals surface area contributed by atoms with Crippen LogP contribution >= 0.6 is 0 Å². The normalized spacial score (nSPS) is 21.7. The molecular formula is C18H22F3NO4. The van der Waals surface area contributed by atoms with Crippen LogP contribution in [0.5, 0.6) is 0 Å². The van der Waals surface area contributed by atoms with E-state index in [1.807, 2.05) is 0 Å². The van der Waals surface area contributed by atoms with Gasteiger partial charge in [-0.1, -0.05) is 25.1 Å². The fourth-order valence-electron chi connectivity index (χ4n) is 3.26. The Hall–Kier alpha value is -2.09. The molecular weight excluding hydrogens is 351 g/mol. The zero-order valence-corrected chi connectivity index (χ0v) is 14.6. The number of hydrogen-bond donors (Lipinski definition) is 1. The Bertz CT molecular complexity index is 662. The maximum absolute atomic E-state index is 12.8. The largest absolute Gasteiger partial charge is 0.481 e. The van der Waals surface area contributed by atoms with Gasteiger partial charge in [0.25, 0.3) is 0 Å². The van der Waals surface area contributed by atoms with Gasteiger partial charge in [0.15, 0.2) is 0 Å². The molecule has 144 valence electrons. The molecule has 1 saturated heterocycles. The van der Waals surface area contributed by atoms with Crippen molar-refractivity contribution in [3.63, 3.8) is 0 Å². The van der Waals surface area contributed by atoms with Crippen LogP contribution in [0.15, 0.2) is 24.3 Å². The van der Waals surface area contributed by atoms with E-state index in [-0.39, 0.29) is 24.9 Å². The fourth-order valence-corrected chi connectivity index (χ4v) is 3.26. The highest BCUT2D eigenvalue weighted by molar-refractivity contribution is 5.79. The Morgan fingerprint density at radius 2 is 2.08 bits per heavy atom. The van der Waals surface area contributed by atoms with Gasteiger partial charge in [0.05, 0.1) is 18.1 Å². The van der Waals surface area contributed by atoms with Crippen LogP contribution in [0, 0.1) is 0 Å². The summed E-state index contributed by atoms with van der Waals surface area (Å²) in [4.78, 5) is 25.1. The number of benzene rings is 1. The van der Waals surface area contributed by atoms with Gasteiger partial charge >= 0.3 is 12.1 Å². The predicted molar refractivity (Wildman–Crippen MR) is 87.6 cm³/mol. The maximum Gasteiger partial charge on any atom is 0.416 e. The summed E-state index contributed by atoms with van der Waals surface area (Å²) in [5, 5.41) is 9.01. The van der Waals surface area contributed by atoms with E-state index >= 15 is 0 Å². The zero-order valence-electron chi connectivity index (χ0n) is 14.6. The van der Waals surface area contributed by atoms with Crippen molar-refractivity contribution in [3.05, 3.63) is 35.4 Å². The second-order valence-corrected chi connectivity index (χ2v) is 6.62. The van der Waals surface area contributed by atoms with E-state index < -0.39 is 29.7 Å². The lowest BCUT2D eigenvalue weighted by molar-refractivity contribution is -0.140. The SMILES string of the molecule is COC1CC(CC(=O)O)N(C(=O)CC(C)c2cccc(C(F)(F)F)c2)C1. The molecule has 0 spiro atoms. The van der Waals surface area contributed by atoms with E-state index in [4.69, 9.17) is 9.84 Å². The van der Waals surface area contributed by atoms with Crippen LogP contribution < -0.4 is 0 Å². The van der Waals surface area contributed by atoms with E-state index in [1.54, 1.807) is 13.0 Å². The number of ether oxygens (including phenoxy) is 1. The number of carbonyl (C=O) groups excluding carboxylic acids is 1. The molecule has 1 aromatic rings. The fraction of sp³-hybridized carbons (Fsp3) is 0.556. The van der Waals surface area contributed by atoms with Crippen molar-refractivity contribution in [1.82, 2.24) is 4.90 Å². The first-order chi connectivity index (χ1) is 12.1. The first-order valence-corrected chi connectivity index (χ1v) is 8.33. The Morgan fingerprint density at radius 3 is 2.65 bits per heavy atom. The molecule has 2 rings (SSSR count). The van der Waals surface area contributed by atoms with Crippen LogP contribution in [0.25, 0.3) is 0 Å². The molecule has 0 radical (unpaired) electrons. The van der Waals surface area contributed by atoms with Gasteiger partial charge in [-0.3, -0.25) is 9.59 Å². The average molecular weight is 373 g/mol. The van der Waals surface area contributed by atoms with Gasteiger partial charge in [0, 0.05) is 26.1 Å². The van der Waals surface area contributed by atoms with Gasteiger partial charge in [-0.05, 0) is 24.0 Å². The van der Waals surface area contributed by atoms with Gasteiger partial charge in [-0.15, -0.1) is 0 Å². The van der Waals surface area contributed by atoms with Crippen LogP contribution in [-0.2, 0) is 20.5 Å². The molecule has 1 fully saturated rings.